The van der Waals surface area contributed by atoms with E-state index < -0.39 is 0 Å². The fraction of sp³-hybridized carbons (Fsp3) is 0. The van der Waals surface area contributed by atoms with Crippen LogP contribution < -0.4 is 0 Å². The Morgan fingerprint density at radius 2 is 1.14 bits per heavy atom. The van der Waals surface area contributed by atoms with Crippen LogP contribution in [0, 0.1) is 0 Å². The summed E-state index contributed by atoms with van der Waals surface area (Å²) in [7, 11) is 0. The van der Waals surface area contributed by atoms with E-state index in [1.54, 1.807) is 6.20 Å². The van der Waals surface area contributed by atoms with Crippen LogP contribution in [0.3, 0.4) is 0 Å². The smallest absolute Gasteiger partial charge is 0.182 e. The average Bonchev–Trinajstić information content (AvgIpc) is 3.42. The van der Waals surface area contributed by atoms with Gasteiger partial charge in [0.1, 0.15) is 0 Å². The summed E-state index contributed by atoms with van der Waals surface area (Å²) in [5, 5.41) is 13.4. The predicted molar refractivity (Wildman–Crippen MR) is 152 cm³/mol. The first kappa shape index (κ1) is 20.1. The topological polar surface area (TPSA) is 43.1 Å². The minimum absolute atomic E-state index is 0.704. The Balaban J connectivity index is 1.31. The molecule has 0 aliphatic heterocycles. The maximum Gasteiger partial charge on any atom is 0.182 e. The largest absolute Gasteiger partial charge is 0.256 e. The summed E-state index contributed by atoms with van der Waals surface area (Å²) < 4.78 is 1.83. The SMILES string of the molecule is c1cc(-c2ccc3c4ccccc4c4ccccc4c3c2)cc(-c2nc3c4cccnc4ccn3n2)c1. The monoisotopic (exact) mass is 472 g/mol. The number of hydrogen-bond acceptors (Lipinski definition) is 3. The zero-order valence-corrected chi connectivity index (χ0v) is 19.8. The van der Waals surface area contributed by atoms with Crippen LogP contribution in [0.1, 0.15) is 0 Å². The van der Waals surface area contributed by atoms with E-state index in [1.165, 1.54) is 37.9 Å². The van der Waals surface area contributed by atoms with Crippen molar-refractivity contribution in [2.75, 3.05) is 0 Å². The average molecular weight is 473 g/mol. The second-order valence-electron chi connectivity index (χ2n) is 9.39. The normalized spacial score (nSPS) is 11.8. The molecule has 0 radical (unpaired) electrons. The lowest BCUT2D eigenvalue weighted by atomic mass is 9.92. The minimum Gasteiger partial charge on any atom is -0.256 e. The lowest BCUT2D eigenvalue weighted by Crippen LogP contribution is -1.89. The number of rotatable bonds is 2. The summed E-state index contributed by atoms with van der Waals surface area (Å²) in [6, 6.07) is 38.6. The third kappa shape index (κ3) is 3.06. The van der Waals surface area contributed by atoms with Crippen molar-refractivity contribution in [2.45, 2.75) is 0 Å². The number of benzene rings is 5. The number of aromatic nitrogens is 4. The number of hydrogen-bond donors (Lipinski definition) is 0. The van der Waals surface area contributed by atoms with Crippen molar-refractivity contribution in [3.63, 3.8) is 0 Å². The molecule has 8 aromatic rings. The fourth-order valence-electron chi connectivity index (χ4n) is 5.54. The Hall–Kier alpha value is -5.09. The van der Waals surface area contributed by atoms with E-state index in [-0.39, 0.29) is 0 Å². The Kier molecular flexibility index (Phi) is 4.19. The van der Waals surface area contributed by atoms with Crippen molar-refractivity contribution in [3.05, 3.63) is 122 Å². The van der Waals surface area contributed by atoms with Crippen LogP contribution in [0.4, 0.5) is 0 Å². The van der Waals surface area contributed by atoms with Gasteiger partial charge in [-0.25, -0.2) is 9.50 Å². The highest BCUT2D eigenvalue weighted by atomic mass is 15.3. The maximum atomic E-state index is 4.88. The maximum absolute atomic E-state index is 4.88. The quantitative estimate of drug-likeness (QED) is 0.239. The van der Waals surface area contributed by atoms with E-state index in [0.29, 0.717) is 5.82 Å². The molecule has 4 heteroatoms. The Bertz CT molecular complexity index is 2120. The van der Waals surface area contributed by atoms with Crippen LogP contribution in [0.5, 0.6) is 0 Å². The first-order valence-corrected chi connectivity index (χ1v) is 12.4. The highest BCUT2D eigenvalue weighted by Gasteiger charge is 2.12. The van der Waals surface area contributed by atoms with Crippen LogP contribution in [0.25, 0.3) is 71.4 Å². The van der Waals surface area contributed by atoms with Gasteiger partial charge in [0, 0.05) is 23.3 Å². The molecule has 3 aromatic heterocycles. The molecule has 0 atom stereocenters. The van der Waals surface area contributed by atoms with Gasteiger partial charge in [0.15, 0.2) is 11.5 Å². The van der Waals surface area contributed by atoms with Gasteiger partial charge in [0.05, 0.1) is 5.52 Å². The minimum atomic E-state index is 0.704. The number of nitrogens with zero attached hydrogens (tertiary/aromatic N) is 4. The van der Waals surface area contributed by atoms with Crippen molar-refractivity contribution in [1.29, 1.82) is 0 Å². The molecule has 3 heterocycles. The molecular formula is C33H20N4. The molecule has 0 aliphatic rings. The molecule has 0 aliphatic carbocycles. The molecule has 4 nitrogen and oxygen atoms in total. The van der Waals surface area contributed by atoms with Gasteiger partial charge in [-0.3, -0.25) is 4.98 Å². The van der Waals surface area contributed by atoms with E-state index in [4.69, 9.17) is 10.1 Å². The van der Waals surface area contributed by atoms with Gasteiger partial charge < -0.3 is 0 Å². The second-order valence-corrected chi connectivity index (χ2v) is 9.39. The van der Waals surface area contributed by atoms with E-state index >= 15 is 0 Å². The molecule has 0 bridgehead atoms. The molecule has 5 aromatic carbocycles. The van der Waals surface area contributed by atoms with Crippen LogP contribution in [0.15, 0.2) is 122 Å². The fourth-order valence-corrected chi connectivity index (χ4v) is 5.54. The van der Waals surface area contributed by atoms with Crippen molar-refractivity contribution < 1.29 is 0 Å². The zero-order chi connectivity index (χ0) is 24.3. The van der Waals surface area contributed by atoms with Gasteiger partial charge in [-0.2, -0.15) is 0 Å². The molecule has 0 fully saturated rings. The van der Waals surface area contributed by atoms with Crippen LogP contribution in [-0.2, 0) is 0 Å². The van der Waals surface area contributed by atoms with Crippen LogP contribution in [0.2, 0.25) is 0 Å². The predicted octanol–water partition coefficient (Wildman–Crippen LogP) is 8.07. The van der Waals surface area contributed by atoms with E-state index in [9.17, 15) is 0 Å². The molecule has 0 amide bonds. The summed E-state index contributed by atoms with van der Waals surface area (Å²) >= 11 is 0. The highest BCUT2D eigenvalue weighted by molar-refractivity contribution is 6.25. The molecule has 0 unspecified atom stereocenters. The lowest BCUT2D eigenvalue weighted by molar-refractivity contribution is 0.970. The van der Waals surface area contributed by atoms with E-state index in [2.05, 4.69) is 96.0 Å². The third-order valence-corrected chi connectivity index (χ3v) is 7.28. The molecular weight excluding hydrogens is 452 g/mol. The van der Waals surface area contributed by atoms with Gasteiger partial charge in [-0.1, -0.05) is 78.9 Å². The first-order chi connectivity index (χ1) is 18.3. The standard InChI is InChI=1S/C33H20N4/c1-2-11-26-24(9-1)25-10-3-4-12-27(25)30-20-22(14-15-28(26)30)21-7-5-8-23(19-21)32-35-33-29-13-6-17-34-31(29)16-18-37(33)36-32/h1-20H. The molecule has 0 saturated carbocycles. The van der Waals surface area contributed by atoms with Gasteiger partial charge in [0.25, 0.3) is 0 Å². The Labute approximate surface area is 212 Å². The molecule has 172 valence electrons. The highest BCUT2D eigenvalue weighted by Crippen LogP contribution is 2.37. The molecule has 0 saturated heterocycles. The van der Waals surface area contributed by atoms with Gasteiger partial charge >= 0.3 is 0 Å². The zero-order valence-electron chi connectivity index (χ0n) is 19.8. The lowest BCUT2D eigenvalue weighted by Gasteiger charge is -2.12. The summed E-state index contributed by atoms with van der Waals surface area (Å²) in [5.41, 5.74) is 5.03. The van der Waals surface area contributed by atoms with Crippen molar-refractivity contribution >= 4 is 48.9 Å². The molecule has 0 N–H and O–H groups in total. The van der Waals surface area contributed by atoms with Gasteiger partial charge in [-0.05, 0) is 73.8 Å². The van der Waals surface area contributed by atoms with Crippen LogP contribution in [-0.4, -0.2) is 19.6 Å². The summed E-state index contributed by atoms with van der Waals surface area (Å²) in [6.07, 6.45) is 3.72. The Morgan fingerprint density at radius 3 is 1.92 bits per heavy atom. The van der Waals surface area contributed by atoms with Gasteiger partial charge in [0.2, 0.25) is 0 Å². The van der Waals surface area contributed by atoms with Crippen molar-refractivity contribution in [2.24, 2.45) is 0 Å². The number of pyridine rings is 2. The van der Waals surface area contributed by atoms with E-state index in [1.807, 2.05) is 28.9 Å². The molecule has 8 rings (SSSR count). The molecule has 0 spiro atoms. The van der Waals surface area contributed by atoms with Crippen molar-refractivity contribution in [3.8, 4) is 22.5 Å². The summed E-state index contributed by atoms with van der Waals surface area (Å²) in [5.74, 6) is 0.704. The first-order valence-electron chi connectivity index (χ1n) is 12.4. The van der Waals surface area contributed by atoms with E-state index in [0.717, 1.165) is 27.7 Å². The Morgan fingerprint density at radius 1 is 0.486 bits per heavy atom. The summed E-state index contributed by atoms with van der Waals surface area (Å²) in [4.78, 5) is 9.33. The molecule has 37 heavy (non-hydrogen) atoms. The van der Waals surface area contributed by atoms with Crippen molar-refractivity contribution in [1.82, 2.24) is 19.6 Å². The second kappa shape index (κ2) is 7.70. The van der Waals surface area contributed by atoms with Gasteiger partial charge in [-0.15, -0.1) is 5.10 Å². The summed E-state index contributed by atoms with van der Waals surface area (Å²) in [6.45, 7) is 0. The number of fused-ring (bicyclic) bond motifs is 9. The van der Waals surface area contributed by atoms with Crippen LogP contribution >= 0.6 is 0 Å². The third-order valence-electron chi connectivity index (χ3n) is 7.28.